The van der Waals surface area contributed by atoms with Crippen LogP contribution in [-0.4, -0.2) is 20.5 Å². The summed E-state index contributed by atoms with van der Waals surface area (Å²) in [7, 11) is -2.52. The summed E-state index contributed by atoms with van der Waals surface area (Å²) in [5.74, 6) is -0.460. The quantitative estimate of drug-likeness (QED) is 0.799. The molecular formula is C16H13FN2O3S. The minimum Gasteiger partial charge on any atom is -0.481 e. The summed E-state index contributed by atoms with van der Waals surface area (Å²) in [6.45, 7) is 0. The van der Waals surface area contributed by atoms with Crippen molar-refractivity contribution >= 4 is 20.9 Å². The third kappa shape index (κ3) is 2.88. The summed E-state index contributed by atoms with van der Waals surface area (Å²) in [5, 5.41) is 5.83. The predicted molar refractivity (Wildman–Crippen MR) is 85.1 cm³/mol. The molecule has 0 atom stereocenters. The van der Waals surface area contributed by atoms with Gasteiger partial charge in [-0.1, -0.05) is 18.2 Å². The smallest absolute Gasteiger partial charge is 0.238 e. The van der Waals surface area contributed by atoms with Crippen molar-refractivity contribution in [3.63, 3.8) is 0 Å². The molecular weight excluding hydrogens is 319 g/mol. The second kappa shape index (κ2) is 5.60. The molecule has 1 heterocycles. The molecule has 0 spiro atoms. The zero-order chi connectivity index (χ0) is 16.6. The number of primary sulfonamides is 1. The van der Waals surface area contributed by atoms with Crippen LogP contribution >= 0.6 is 0 Å². The molecule has 2 N–H and O–H groups in total. The van der Waals surface area contributed by atoms with E-state index in [9.17, 15) is 12.8 Å². The van der Waals surface area contributed by atoms with E-state index in [1.54, 1.807) is 6.07 Å². The highest BCUT2D eigenvalue weighted by Gasteiger charge is 2.16. The van der Waals surface area contributed by atoms with Gasteiger partial charge in [-0.15, -0.1) is 0 Å². The predicted octanol–water partition coefficient (Wildman–Crippen LogP) is 2.70. The van der Waals surface area contributed by atoms with Crippen molar-refractivity contribution in [1.82, 2.24) is 4.98 Å². The zero-order valence-corrected chi connectivity index (χ0v) is 13.0. The van der Waals surface area contributed by atoms with Crippen LogP contribution in [0.25, 0.3) is 22.0 Å². The Kier molecular flexibility index (Phi) is 3.75. The van der Waals surface area contributed by atoms with E-state index in [0.29, 0.717) is 5.56 Å². The van der Waals surface area contributed by atoms with Gasteiger partial charge in [-0.25, -0.2) is 22.9 Å². The van der Waals surface area contributed by atoms with Crippen LogP contribution in [0.15, 0.2) is 53.4 Å². The monoisotopic (exact) mass is 332 g/mol. The van der Waals surface area contributed by atoms with Gasteiger partial charge in [0.1, 0.15) is 5.82 Å². The van der Waals surface area contributed by atoms with Gasteiger partial charge in [0.05, 0.1) is 17.5 Å². The third-order valence-corrected chi connectivity index (χ3v) is 4.35. The van der Waals surface area contributed by atoms with Crippen LogP contribution in [0.3, 0.4) is 0 Å². The van der Waals surface area contributed by atoms with E-state index in [-0.39, 0.29) is 16.3 Å². The zero-order valence-electron chi connectivity index (χ0n) is 12.2. The Morgan fingerprint density at radius 1 is 1.09 bits per heavy atom. The van der Waals surface area contributed by atoms with E-state index in [1.807, 2.05) is 24.3 Å². The number of hydrogen-bond donors (Lipinski definition) is 1. The standard InChI is InChI=1S/C16H13FN2O3S/c1-22-16-13(8-10-4-2-3-5-15(10)19-16)12-7-6-11(9-14(12)17)23(18,20)21/h2-9H,1H3,(H2,18,20,21). The van der Waals surface area contributed by atoms with Crippen molar-refractivity contribution in [1.29, 1.82) is 0 Å². The number of fused-ring (bicyclic) bond motifs is 1. The van der Waals surface area contributed by atoms with Crippen LogP contribution in [0, 0.1) is 5.82 Å². The number of nitrogens with two attached hydrogens (primary N) is 1. The first kappa shape index (κ1) is 15.4. The van der Waals surface area contributed by atoms with Crippen LogP contribution in [0.4, 0.5) is 4.39 Å². The molecule has 0 unspecified atom stereocenters. The van der Waals surface area contributed by atoms with Gasteiger partial charge in [-0.2, -0.15) is 0 Å². The first-order valence-electron chi connectivity index (χ1n) is 6.66. The molecule has 0 aliphatic carbocycles. The highest BCUT2D eigenvalue weighted by Crippen LogP contribution is 2.33. The number of rotatable bonds is 3. The normalized spacial score (nSPS) is 11.6. The summed E-state index contributed by atoms with van der Waals surface area (Å²) >= 11 is 0. The lowest BCUT2D eigenvalue weighted by Gasteiger charge is -2.11. The van der Waals surface area contributed by atoms with Gasteiger partial charge in [-0.05, 0) is 30.3 Å². The van der Waals surface area contributed by atoms with Gasteiger partial charge in [-0.3, -0.25) is 0 Å². The van der Waals surface area contributed by atoms with E-state index in [0.717, 1.165) is 17.0 Å². The number of methoxy groups -OCH3 is 1. The molecule has 0 fully saturated rings. The molecule has 0 aliphatic heterocycles. The van der Waals surface area contributed by atoms with Crippen LogP contribution in [-0.2, 0) is 10.0 Å². The summed E-state index contributed by atoms with van der Waals surface area (Å²) in [5.41, 5.74) is 1.34. The maximum absolute atomic E-state index is 14.4. The van der Waals surface area contributed by atoms with Crippen LogP contribution in [0.2, 0.25) is 0 Å². The molecule has 0 aliphatic rings. The number of ether oxygens (including phenoxy) is 1. The Labute approximate surface area is 132 Å². The van der Waals surface area contributed by atoms with Crippen molar-refractivity contribution in [3.05, 3.63) is 54.3 Å². The number of para-hydroxylation sites is 1. The minimum absolute atomic E-state index is 0.188. The number of halogens is 1. The first-order valence-corrected chi connectivity index (χ1v) is 8.21. The Bertz CT molecular complexity index is 1000. The fourth-order valence-electron chi connectivity index (χ4n) is 2.34. The molecule has 0 saturated heterocycles. The second-order valence-electron chi connectivity index (χ2n) is 4.92. The number of hydrogen-bond acceptors (Lipinski definition) is 4. The molecule has 0 radical (unpaired) electrons. The lowest BCUT2D eigenvalue weighted by molar-refractivity contribution is 0.401. The summed E-state index contributed by atoms with van der Waals surface area (Å²) < 4.78 is 42.2. The largest absolute Gasteiger partial charge is 0.481 e. The van der Waals surface area contributed by atoms with Crippen molar-refractivity contribution in [2.75, 3.05) is 7.11 Å². The Morgan fingerprint density at radius 2 is 1.83 bits per heavy atom. The van der Waals surface area contributed by atoms with Gasteiger partial charge >= 0.3 is 0 Å². The fraction of sp³-hybridized carbons (Fsp3) is 0.0625. The molecule has 2 aromatic carbocycles. The minimum atomic E-state index is -3.96. The molecule has 118 valence electrons. The number of sulfonamides is 1. The number of aromatic nitrogens is 1. The maximum atomic E-state index is 14.4. The molecule has 23 heavy (non-hydrogen) atoms. The fourth-order valence-corrected chi connectivity index (χ4v) is 2.86. The van der Waals surface area contributed by atoms with Gasteiger partial charge in [0.25, 0.3) is 0 Å². The van der Waals surface area contributed by atoms with E-state index >= 15 is 0 Å². The summed E-state index contributed by atoms with van der Waals surface area (Å²) in [6, 6.07) is 12.6. The highest BCUT2D eigenvalue weighted by molar-refractivity contribution is 7.89. The average molecular weight is 332 g/mol. The molecule has 5 nitrogen and oxygen atoms in total. The molecule has 0 amide bonds. The topological polar surface area (TPSA) is 82.3 Å². The maximum Gasteiger partial charge on any atom is 0.238 e. The van der Waals surface area contributed by atoms with E-state index in [2.05, 4.69) is 4.98 Å². The molecule has 7 heteroatoms. The van der Waals surface area contributed by atoms with E-state index in [4.69, 9.17) is 9.88 Å². The molecule has 0 bridgehead atoms. The summed E-state index contributed by atoms with van der Waals surface area (Å²) in [4.78, 5) is 4.06. The second-order valence-corrected chi connectivity index (χ2v) is 6.49. The van der Waals surface area contributed by atoms with E-state index in [1.165, 1.54) is 19.2 Å². The van der Waals surface area contributed by atoms with E-state index < -0.39 is 15.8 Å². The SMILES string of the molecule is COc1nc2ccccc2cc1-c1ccc(S(N)(=O)=O)cc1F. The molecule has 3 aromatic rings. The summed E-state index contributed by atoms with van der Waals surface area (Å²) in [6.07, 6.45) is 0. The van der Waals surface area contributed by atoms with Crippen molar-refractivity contribution < 1.29 is 17.5 Å². The van der Waals surface area contributed by atoms with Crippen molar-refractivity contribution in [2.24, 2.45) is 5.14 Å². The lowest BCUT2D eigenvalue weighted by Crippen LogP contribution is -2.12. The first-order chi connectivity index (χ1) is 10.9. The Balaban J connectivity index is 2.23. The van der Waals surface area contributed by atoms with Crippen molar-refractivity contribution in [2.45, 2.75) is 4.90 Å². The highest BCUT2D eigenvalue weighted by atomic mass is 32.2. The molecule has 3 rings (SSSR count). The third-order valence-electron chi connectivity index (χ3n) is 3.44. The molecule has 1 aromatic heterocycles. The Hall–Kier alpha value is -2.51. The average Bonchev–Trinajstić information content (AvgIpc) is 2.52. The van der Waals surface area contributed by atoms with Gasteiger partial charge in [0.15, 0.2) is 0 Å². The number of nitrogens with zero attached hydrogens (tertiary/aromatic N) is 1. The van der Waals surface area contributed by atoms with Crippen LogP contribution in [0.5, 0.6) is 5.88 Å². The Morgan fingerprint density at radius 3 is 2.48 bits per heavy atom. The van der Waals surface area contributed by atoms with Crippen LogP contribution in [0.1, 0.15) is 0 Å². The van der Waals surface area contributed by atoms with Gasteiger partial charge < -0.3 is 4.74 Å². The number of benzene rings is 2. The molecule has 0 saturated carbocycles. The van der Waals surface area contributed by atoms with Crippen molar-refractivity contribution in [3.8, 4) is 17.0 Å². The number of pyridine rings is 1. The van der Waals surface area contributed by atoms with Gasteiger partial charge in [0.2, 0.25) is 15.9 Å². The lowest BCUT2D eigenvalue weighted by atomic mass is 10.0. The van der Waals surface area contributed by atoms with Crippen LogP contribution < -0.4 is 9.88 Å². The van der Waals surface area contributed by atoms with Gasteiger partial charge in [0, 0.05) is 16.5 Å².